The zero-order valence-corrected chi connectivity index (χ0v) is 8.53. The Labute approximate surface area is 93.5 Å². The predicted octanol–water partition coefficient (Wildman–Crippen LogP) is 2.39. The van der Waals surface area contributed by atoms with Crippen LogP contribution in [0.2, 0.25) is 0 Å². The highest BCUT2D eigenvalue weighted by atomic mass is 32.2. The number of hydrogen-bond acceptors (Lipinski definition) is 1. The molecule has 0 atom stereocenters. The van der Waals surface area contributed by atoms with Crippen molar-refractivity contribution >= 4 is 11.8 Å². The zero-order valence-electron chi connectivity index (χ0n) is 7.72. The standard InChI is InChI=1S/C14H4S/c1-2-4-6-8-10-12-14-15-13-11-9-7-5-3-1/h3-4,9-10H. The average Bonchev–Trinajstić information content (AvgIpc) is 2.27. The molecule has 0 amide bonds. The molecule has 1 rings (SSSR count). The minimum atomic E-state index is 1.21. The van der Waals surface area contributed by atoms with Crippen molar-refractivity contribution in [2.45, 2.75) is 0 Å². The molecule has 1 heterocycles. The van der Waals surface area contributed by atoms with Gasteiger partial charge in [0.05, 0.1) is 0 Å². The van der Waals surface area contributed by atoms with Gasteiger partial charge in [0.25, 0.3) is 0 Å². The maximum atomic E-state index is 2.76. The first-order valence-corrected chi connectivity index (χ1v) is 4.78. The molecule has 0 nitrogen and oxygen atoms in total. The normalized spacial score (nSPS) is 11.2. The van der Waals surface area contributed by atoms with Crippen LogP contribution in [-0.4, -0.2) is 0 Å². The third kappa shape index (κ3) is 6.76. The third-order valence-electron chi connectivity index (χ3n) is 1.05. The fourth-order valence-corrected chi connectivity index (χ4v) is 0.824. The minimum Gasteiger partial charge on any atom is -0.0604 e. The number of allylic oxidation sites excluding steroid dienone is 4. The second kappa shape index (κ2) is 8.24. The zero-order chi connectivity index (χ0) is 10.6. The van der Waals surface area contributed by atoms with Gasteiger partial charge in [0.2, 0.25) is 0 Å². The van der Waals surface area contributed by atoms with Crippen LogP contribution in [0, 0.1) is 34.2 Å². The lowest BCUT2D eigenvalue weighted by molar-refractivity contribution is 2.08. The lowest BCUT2D eigenvalue weighted by Gasteiger charge is -1.64. The summed E-state index contributed by atoms with van der Waals surface area (Å²) in [6.07, 6.45) is 6.25. The fraction of sp³-hybridized carbons (Fsp3) is 0. The Bertz CT molecular complexity index is 548. The Morgan fingerprint density at radius 1 is 0.533 bits per heavy atom. The molecule has 0 aromatic carbocycles. The minimum absolute atomic E-state index is 1.21. The predicted molar refractivity (Wildman–Crippen MR) is 63.3 cm³/mol. The molecule has 0 radical (unpaired) electrons. The van der Waals surface area contributed by atoms with E-state index in [1.165, 1.54) is 11.8 Å². The Balaban J connectivity index is 3.02. The third-order valence-corrected chi connectivity index (χ3v) is 1.49. The molecule has 0 aliphatic carbocycles. The summed E-state index contributed by atoms with van der Waals surface area (Å²) in [5.74, 6) is 10.9. The fourth-order valence-electron chi connectivity index (χ4n) is 0.538. The largest absolute Gasteiger partial charge is 0.0604 e. The smallest absolute Gasteiger partial charge is 0.0395 e. The SMILES string of the molecule is C1=C=CC#CSC#CC=C=C=CC#CC=1. The molecule has 1 aliphatic rings. The maximum Gasteiger partial charge on any atom is 0.0395 e. The van der Waals surface area contributed by atoms with Gasteiger partial charge < -0.3 is 0 Å². The first-order valence-electron chi connectivity index (χ1n) is 3.97. The highest BCUT2D eigenvalue weighted by Crippen LogP contribution is 1.90. The summed E-state index contributed by atoms with van der Waals surface area (Å²) in [4.78, 5) is 0. The molecule has 0 bridgehead atoms. The summed E-state index contributed by atoms with van der Waals surface area (Å²) >= 11 is 1.21. The van der Waals surface area contributed by atoms with Crippen LogP contribution in [0.5, 0.6) is 0 Å². The maximum absolute atomic E-state index is 2.76. The summed E-state index contributed by atoms with van der Waals surface area (Å²) in [5, 5.41) is 5.53. The van der Waals surface area contributed by atoms with Gasteiger partial charge in [0.1, 0.15) is 0 Å². The van der Waals surface area contributed by atoms with Crippen molar-refractivity contribution in [3.05, 3.63) is 47.2 Å². The molecule has 0 spiro atoms. The highest BCUT2D eigenvalue weighted by molar-refractivity contribution is 8.08. The van der Waals surface area contributed by atoms with Gasteiger partial charge in [-0.3, -0.25) is 0 Å². The molecular weight excluding hydrogens is 200 g/mol. The molecule has 0 fully saturated rings. The van der Waals surface area contributed by atoms with Crippen molar-refractivity contribution in [1.82, 2.24) is 0 Å². The van der Waals surface area contributed by atoms with Crippen molar-refractivity contribution in [2.75, 3.05) is 0 Å². The van der Waals surface area contributed by atoms with E-state index >= 15 is 0 Å². The van der Waals surface area contributed by atoms with Crippen LogP contribution >= 0.6 is 11.8 Å². The molecule has 15 heavy (non-hydrogen) atoms. The number of rotatable bonds is 0. The Morgan fingerprint density at radius 2 is 0.933 bits per heavy atom. The lowest BCUT2D eigenvalue weighted by Crippen LogP contribution is -1.47. The Hall–Kier alpha value is -2.37. The van der Waals surface area contributed by atoms with E-state index in [1.54, 1.807) is 24.3 Å². The van der Waals surface area contributed by atoms with Crippen LogP contribution in [0.25, 0.3) is 0 Å². The monoisotopic (exact) mass is 204 g/mol. The second-order valence-electron chi connectivity index (χ2n) is 2.04. The quantitative estimate of drug-likeness (QED) is 0.431. The van der Waals surface area contributed by atoms with Gasteiger partial charge in [-0.2, -0.15) is 0 Å². The Kier molecular flexibility index (Phi) is 5.88. The molecule has 0 saturated heterocycles. The molecule has 0 saturated carbocycles. The molecule has 0 N–H and O–H groups in total. The van der Waals surface area contributed by atoms with Crippen LogP contribution in [-0.2, 0) is 0 Å². The average molecular weight is 204 g/mol. The van der Waals surface area contributed by atoms with E-state index < -0.39 is 0 Å². The van der Waals surface area contributed by atoms with Gasteiger partial charge in [-0.15, -0.1) is 0 Å². The van der Waals surface area contributed by atoms with E-state index in [9.17, 15) is 0 Å². The molecule has 0 aromatic rings. The number of thioether (sulfide) groups is 1. The molecular formula is C14H4S. The van der Waals surface area contributed by atoms with Gasteiger partial charge >= 0.3 is 0 Å². The van der Waals surface area contributed by atoms with Gasteiger partial charge in [0, 0.05) is 36.1 Å². The molecule has 1 heteroatoms. The molecule has 66 valence electrons. The van der Waals surface area contributed by atoms with Crippen molar-refractivity contribution in [3.63, 3.8) is 0 Å². The summed E-state index contributed by atoms with van der Waals surface area (Å²) in [7, 11) is 0. The first-order chi connectivity index (χ1) is 7.50. The van der Waals surface area contributed by atoms with Gasteiger partial charge in [-0.25, -0.2) is 0 Å². The van der Waals surface area contributed by atoms with E-state index in [2.05, 4.69) is 57.1 Å². The van der Waals surface area contributed by atoms with E-state index in [1.807, 2.05) is 0 Å². The lowest BCUT2D eigenvalue weighted by atomic mass is 10.5. The van der Waals surface area contributed by atoms with E-state index in [0.717, 1.165) is 0 Å². The van der Waals surface area contributed by atoms with Crippen molar-refractivity contribution < 1.29 is 0 Å². The van der Waals surface area contributed by atoms with E-state index in [-0.39, 0.29) is 0 Å². The van der Waals surface area contributed by atoms with Crippen molar-refractivity contribution in [2.24, 2.45) is 0 Å². The van der Waals surface area contributed by atoms with Crippen LogP contribution in [0.1, 0.15) is 0 Å². The summed E-state index contributed by atoms with van der Waals surface area (Å²) in [5.41, 5.74) is 10.9. The van der Waals surface area contributed by atoms with E-state index in [4.69, 9.17) is 0 Å². The number of hydrogen-bond donors (Lipinski definition) is 0. The molecule has 0 aromatic heterocycles. The van der Waals surface area contributed by atoms with Crippen LogP contribution < -0.4 is 0 Å². The molecule has 0 unspecified atom stereocenters. The van der Waals surface area contributed by atoms with Crippen LogP contribution in [0.15, 0.2) is 47.2 Å². The Morgan fingerprint density at radius 3 is 1.40 bits per heavy atom. The summed E-state index contributed by atoms with van der Waals surface area (Å²) in [6, 6.07) is 0. The first kappa shape index (κ1) is 10.7. The van der Waals surface area contributed by atoms with E-state index in [0.29, 0.717) is 0 Å². The van der Waals surface area contributed by atoms with Gasteiger partial charge in [-0.1, -0.05) is 46.6 Å². The van der Waals surface area contributed by atoms with Crippen molar-refractivity contribution in [3.8, 4) is 34.2 Å². The van der Waals surface area contributed by atoms with Gasteiger partial charge in [-0.05, 0) is 10.5 Å². The van der Waals surface area contributed by atoms with Crippen LogP contribution in [0.3, 0.4) is 0 Å². The van der Waals surface area contributed by atoms with Crippen LogP contribution in [0.4, 0.5) is 0 Å². The highest BCUT2D eigenvalue weighted by Gasteiger charge is 1.64. The van der Waals surface area contributed by atoms with Crippen molar-refractivity contribution in [1.29, 1.82) is 0 Å². The summed E-state index contributed by atoms with van der Waals surface area (Å²) in [6.45, 7) is 0. The molecule has 1 aliphatic heterocycles. The van der Waals surface area contributed by atoms with Gasteiger partial charge in [0.15, 0.2) is 0 Å². The topological polar surface area (TPSA) is 0 Å². The second-order valence-corrected chi connectivity index (χ2v) is 2.65. The summed E-state index contributed by atoms with van der Waals surface area (Å²) < 4.78 is 0.